The van der Waals surface area contributed by atoms with E-state index in [1.54, 1.807) is 6.07 Å². The summed E-state index contributed by atoms with van der Waals surface area (Å²) in [5, 5.41) is 1.73. The molecule has 0 N–H and O–H groups in total. The Morgan fingerprint density at radius 1 is 0.920 bits per heavy atom. The molecule has 0 radical (unpaired) electrons. The molecule has 2 aromatic carbocycles. The van der Waals surface area contributed by atoms with Gasteiger partial charge in [-0.05, 0) is 31.2 Å². The molecular weight excluding hydrogens is 388 g/mol. The lowest BCUT2D eigenvalue weighted by Gasteiger charge is -2.05. The predicted octanol–water partition coefficient (Wildman–Crippen LogP) is 5.01. The van der Waals surface area contributed by atoms with Crippen LogP contribution in [0.4, 0.5) is 0 Å². The molecule has 0 bridgehead atoms. The molecule has 0 aliphatic carbocycles. The molecule has 5 rings (SSSR count). The molecule has 1 aliphatic rings. The lowest BCUT2D eigenvalue weighted by atomic mass is 10.0. The van der Waals surface area contributed by atoms with E-state index >= 15 is 0 Å². The van der Waals surface area contributed by atoms with Crippen LogP contribution in [0.1, 0.15) is 5.56 Å². The van der Waals surface area contributed by atoms with Crippen LogP contribution in [0.15, 0.2) is 54.5 Å². The van der Waals surface area contributed by atoms with Crippen molar-refractivity contribution in [2.24, 2.45) is 0 Å². The third kappa shape index (κ3) is 2.17. The number of halogens is 1. The van der Waals surface area contributed by atoms with Crippen LogP contribution < -0.4 is 15.1 Å². The van der Waals surface area contributed by atoms with Gasteiger partial charge in [0.05, 0.1) is 0 Å². The molecule has 0 unspecified atom stereocenters. The van der Waals surface area contributed by atoms with Crippen molar-refractivity contribution < 1.29 is 18.3 Å². The highest BCUT2D eigenvalue weighted by atomic mass is 79.9. The van der Waals surface area contributed by atoms with E-state index in [0.717, 1.165) is 26.4 Å². The second kappa shape index (κ2) is 5.13. The fourth-order valence-electron chi connectivity index (χ4n) is 3.19. The minimum absolute atomic E-state index is 0.156. The normalized spacial score (nSPS) is 13.0. The van der Waals surface area contributed by atoms with Crippen LogP contribution in [0.3, 0.4) is 0 Å². The number of hydrogen-bond donors (Lipinski definition) is 0. The van der Waals surface area contributed by atoms with Crippen molar-refractivity contribution in [1.29, 1.82) is 0 Å². The fraction of sp³-hybridized carbons (Fsp3) is 0.105. The van der Waals surface area contributed by atoms with E-state index in [1.165, 1.54) is 6.07 Å². The Kier molecular flexibility index (Phi) is 3.00. The van der Waals surface area contributed by atoms with E-state index in [2.05, 4.69) is 15.9 Å². The van der Waals surface area contributed by atoms with Gasteiger partial charge in [0.25, 0.3) is 0 Å². The molecule has 0 atom stereocenters. The van der Waals surface area contributed by atoms with Crippen LogP contribution in [0, 0.1) is 6.92 Å². The summed E-state index contributed by atoms with van der Waals surface area (Å²) in [7, 11) is 0. The Labute approximate surface area is 149 Å². The molecule has 3 heterocycles. The molecule has 6 heteroatoms. The van der Waals surface area contributed by atoms with Gasteiger partial charge in [0.1, 0.15) is 16.9 Å². The largest absolute Gasteiger partial charge is 0.456 e. The van der Waals surface area contributed by atoms with Crippen LogP contribution in [-0.2, 0) is 0 Å². The lowest BCUT2D eigenvalue weighted by molar-refractivity contribution is 0.174. The molecule has 0 fully saturated rings. The zero-order chi connectivity index (χ0) is 17.1. The first kappa shape index (κ1) is 14.6. The summed E-state index contributed by atoms with van der Waals surface area (Å²) in [6, 6.07) is 10.8. The summed E-state index contributed by atoms with van der Waals surface area (Å²) in [4.78, 5) is 12.1. The Hall–Kier alpha value is -2.73. The highest BCUT2D eigenvalue weighted by Gasteiger charge is 2.21. The van der Waals surface area contributed by atoms with Crippen molar-refractivity contribution >= 4 is 37.9 Å². The van der Waals surface area contributed by atoms with Gasteiger partial charge in [-0.25, -0.2) is 4.79 Å². The summed E-state index contributed by atoms with van der Waals surface area (Å²) >= 11 is 3.48. The van der Waals surface area contributed by atoms with Gasteiger partial charge < -0.3 is 18.3 Å². The Morgan fingerprint density at radius 2 is 1.72 bits per heavy atom. The van der Waals surface area contributed by atoms with Gasteiger partial charge in [0, 0.05) is 38.5 Å². The van der Waals surface area contributed by atoms with Crippen molar-refractivity contribution in [3.8, 4) is 22.8 Å². The van der Waals surface area contributed by atoms with Gasteiger partial charge in [-0.2, -0.15) is 0 Å². The maximum Gasteiger partial charge on any atom is 0.336 e. The van der Waals surface area contributed by atoms with Gasteiger partial charge in [-0.1, -0.05) is 15.9 Å². The third-order valence-electron chi connectivity index (χ3n) is 4.38. The number of fused-ring (bicyclic) bond motifs is 3. The standard InChI is InChI=1S/C19H11BrO5/c1-9-11-4-10(20)2-3-14(11)25-19(9)13-6-18(21)24-15-7-17-16(5-12(13)15)22-8-23-17/h2-7H,8H2,1H3. The van der Waals surface area contributed by atoms with Crippen molar-refractivity contribution in [3.05, 3.63) is 56.9 Å². The maximum atomic E-state index is 12.1. The Bertz CT molecular complexity index is 1220. The molecule has 4 aromatic rings. The van der Waals surface area contributed by atoms with E-state index in [9.17, 15) is 4.79 Å². The van der Waals surface area contributed by atoms with Crippen molar-refractivity contribution in [2.75, 3.05) is 6.79 Å². The van der Waals surface area contributed by atoms with Gasteiger partial charge in [0.2, 0.25) is 6.79 Å². The molecule has 0 saturated heterocycles. The molecule has 2 aromatic heterocycles. The molecule has 124 valence electrons. The third-order valence-corrected chi connectivity index (χ3v) is 4.87. The predicted molar refractivity (Wildman–Crippen MR) is 96.3 cm³/mol. The smallest absolute Gasteiger partial charge is 0.336 e. The quantitative estimate of drug-likeness (QED) is 0.422. The molecular formula is C19H11BrO5. The average molecular weight is 399 g/mol. The van der Waals surface area contributed by atoms with Gasteiger partial charge in [0.15, 0.2) is 11.5 Å². The highest BCUT2D eigenvalue weighted by molar-refractivity contribution is 9.10. The van der Waals surface area contributed by atoms with Crippen molar-refractivity contribution in [3.63, 3.8) is 0 Å². The summed E-state index contributed by atoms with van der Waals surface area (Å²) in [5.74, 6) is 1.84. The first-order valence-electron chi connectivity index (χ1n) is 7.67. The highest BCUT2D eigenvalue weighted by Crippen LogP contribution is 2.41. The second-order valence-electron chi connectivity index (χ2n) is 5.88. The molecule has 0 saturated carbocycles. The maximum absolute atomic E-state index is 12.1. The monoisotopic (exact) mass is 398 g/mol. The number of aryl methyl sites for hydroxylation is 1. The number of ether oxygens (including phenoxy) is 2. The zero-order valence-corrected chi connectivity index (χ0v) is 14.7. The van der Waals surface area contributed by atoms with E-state index in [4.69, 9.17) is 18.3 Å². The minimum atomic E-state index is -0.442. The topological polar surface area (TPSA) is 61.8 Å². The second-order valence-corrected chi connectivity index (χ2v) is 6.79. The Morgan fingerprint density at radius 3 is 2.56 bits per heavy atom. The lowest BCUT2D eigenvalue weighted by Crippen LogP contribution is -1.98. The number of benzene rings is 2. The summed E-state index contributed by atoms with van der Waals surface area (Å²) in [6.07, 6.45) is 0. The number of rotatable bonds is 1. The van der Waals surface area contributed by atoms with Gasteiger partial charge in [-0.3, -0.25) is 0 Å². The zero-order valence-electron chi connectivity index (χ0n) is 13.1. The van der Waals surface area contributed by atoms with E-state index in [-0.39, 0.29) is 6.79 Å². The van der Waals surface area contributed by atoms with Gasteiger partial charge >= 0.3 is 5.63 Å². The van der Waals surface area contributed by atoms with Crippen LogP contribution in [0.2, 0.25) is 0 Å². The van der Waals surface area contributed by atoms with Gasteiger partial charge in [-0.15, -0.1) is 0 Å². The van der Waals surface area contributed by atoms with Crippen LogP contribution in [0.5, 0.6) is 11.5 Å². The minimum Gasteiger partial charge on any atom is -0.456 e. The molecule has 25 heavy (non-hydrogen) atoms. The number of hydrogen-bond acceptors (Lipinski definition) is 5. The molecule has 0 amide bonds. The van der Waals surface area contributed by atoms with Crippen LogP contribution >= 0.6 is 15.9 Å². The average Bonchev–Trinajstić information content (AvgIpc) is 3.17. The van der Waals surface area contributed by atoms with Crippen molar-refractivity contribution in [2.45, 2.75) is 6.92 Å². The summed E-state index contributed by atoms with van der Waals surface area (Å²) < 4.78 is 23.2. The van der Waals surface area contributed by atoms with E-state index < -0.39 is 5.63 Å². The van der Waals surface area contributed by atoms with Crippen LogP contribution in [0.25, 0.3) is 33.3 Å². The molecule has 1 aliphatic heterocycles. The fourth-order valence-corrected chi connectivity index (χ4v) is 3.55. The summed E-state index contributed by atoms with van der Waals surface area (Å²) in [6.45, 7) is 2.13. The Balaban J connectivity index is 1.86. The molecule has 5 nitrogen and oxygen atoms in total. The SMILES string of the molecule is Cc1c(-c2cc(=O)oc3cc4c(cc23)OCO4)oc2ccc(Br)cc12. The number of furan rings is 1. The summed E-state index contributed by atoms with van der Waals surface area (Å²) in [5.41, 5.74) is 2.39. The molecule has 0 spiro atoms. The first-order chi connectivity index (χ1) is 12.1. The van der Waals surface area contributed by atoms with Crippen LogP contribution in [-0.4, -0.2) is 6.79 Å². The van der Waals surface area contributed by atoms with E-state index in [0.29, 0.717) is 28.4 Å². The van der Waals surface area contributed by atoms with Crippen molar-refractivity contribution in [1.82, 2.24) is 0 Å². The first-order valence-corrected chi connectivity index (χ1v) is 8.46. The van der Waals surface area contributed by atoms with E-state index in [1.807, 2.05) is 31.2 Å².